The van der Waals surface area contributed by atoms with Crippen LogP contribution in [0.15, 0.2) is 36.4 Å². The minimum absolute atomic E-state index is 0.0387. The zero-order valence-corrected chi connectivity index (χ0v) is 11.4. The van der Waals surface area contributed by atoms with Gasteiger partial charge in [0.2, 0.25) is 5.91 Å². The lowest BCUT2D eigenvalue weighted by molar-refractivity contribution is -0.122. The molecule has 3 nitrogen and oxygen atoms in total. The second-order valence-corrected chi connectivity index (χ2v) is 5.82. The molecule has 1 saturated carbocycles. The van der Waals surface area contributed by atoms with Gasteiger partial charge in [0, 0.05) is 17.1 Å². The summed E-state index contributed by atoms with van der Waals surface area (Å²) >= 11 is 5.88. The van der Waals surface area contributed by atoms with Gasteiger partial charge in [-0.1, -0.05) is 35.9 Å². The summed E-state index contributed by atoms with van der Waals surface area (Å²) in [6.45, 7) is 0.780. The second-order valence-electron chi connectivity index (χ2n) is 5.39. The molecule has 0 radical (unpaired) electrons. The Morgan fingerprint density at radius 3 is 2.68 bits per heavy atom. The highest BCUT2D eigenvalue weighted by molar-refractivity contribution is 6.30. The molecule has 1 aliphatic carbocycles. The summed E-state index contributed by atoms with van der Waals surface area (Å²) in [5.74, 6) is 0.0835. The molecule has 1 heterocycles. The van der Waals surface area contributed by atoms with E-state index in [0.29, 0.717) is 0 Å². The zero-order valence-electron chi connectivity index (χ0n) is 10.7. The highest BCUT2D eigenvalue weighted by Crippen LogP contribution is 2.38. The topological polar surface area (TPSA) is 41.1 Å². The molecule has 0 spiro atoms. The summed E-state index contributed by atoms with van der Waals surface area (Å²) in [4.78, 5) is 12.1. The number of rotatable bonds is 4. The molecule has 1 amide bonds. The number of hydrogen-bond acceptors (Lipinski definition) is 2. The molecule has 3 rings (SSSR count). The first-order valence-corrected chi connectivity index (χ1v) is 7.01. The van der Waals surface area contributed by atoms with Gasteiger partial charge in [-0.05, 0) is 37.0 Å². The van der Waals surface area contributed by atoms with Gasteiger partial charge < -0.3 is 5.32 Å². The predicted octanol–water partition coefficient (Wildman–Crippen LogP) is 2.06. The second kappa shape index (κ2) is 4.99. The standard InChI is InChI=1S/C15H17ClN2O/c16-12-5-3-11(4-6-12)10-15(7-8-15)18-14(19)13-2-1-9-17-13/h1-6,13,17H,7-10H2,(H,18,19)/t13-/m0/s1. The largest absolute Gasteiger partial charge is 0.349 e. The van der Waals surface area contributed by atoms with Gasteiger partial charge in [0.25, 0.3) is 0 Å². The van der Waals surface area contributed by atoms with Gasteiger partial charge in [0.05, 0.1) is 0 Å². The van der Waals surface area contributed by atoms with E-state index in [0.717, 1.165) is 30.8 Å². The Hall–Kier alpha value is -1.32. The molecule has 1 fully saturated rings. The first-order valence-electron chi connectivity index (χ1n) is 6.63. The summed E-state index contributed by atoms with van der Waals surface area (Å²) in [7, 11) is 0. The molecule has 0 saturated heterocycles. The Labute approximate surface area is 118 Å². The van der Waals surface area contributed by atoms with E-state index in [1.165, 1.54) is 5.56 Å². The summed E-state index contributed by atoms with van der Waals surface area (Å²) in [5, 5.41) is 7.07. The average Bonchev–Trinajstić information content (AvgIpc) is 2.94. The van der Waals surface area contributed by atoms with Crippen LogP contribution in [0.5, 0.6) is 0 Å². The molecule has 0 bridgehead atoms. The minimum Gasteiger partial charge on any atom is -0.349 e. The van der Waals surface area contributed by atoms with Crippen LogP contribution in [-0.4, -0.2) is 24.0 Å². The lowest BCUT2D eigenvalue weighted by Gasteiger charge is -2.20. The molecule has 2 N–H and O–H groups in total. The van der Waals surface area contributed by atoms with Crippen molar-refractivity contribution in [1.82, 2.24) is 10.6 Å². The van der Waals surface area contributed by atoms with E-state index >= 15 is 0 Å². The van der Waals surface area contributed by atoms with Gasteiger partial charge in [0.15, 0.2) is 0 Å². The summed E-state index contributed by atoms with van der Waals surface area (Å²) < 4.78 is 0. The Bertz CT molecular complexity index is 505. The number of benzene rings is 1. The fourth-order valence-corrected chi connectivity index (χ4v) is 2.60. The molecule has 1 aromatic carbocycles. The maximum Gasteiger partial charge on any atom is 0.241 e. The van der Waals surface area contributed by atoms with Crippen molar-refractivity contribution in [2.45, 2.75) is 30.8 Å². The van der Waals surface area contributed by atoms with Crippen molar-refractivity contribution in [3.05, 3.63) is 47.0 Å². The third-order valence-electron chi connectivity index (χ3n) is 3.76. The van der Waals surface area contributed by atoms with Crippen molar-refractivity contribution >= 4 is 17.5 Å². The van der Waals surface area contributed by atoms with Crippen LogP contribution in [0.1, 0.15) is 18.4 Å². The van der Waals surface area contributed by atoms with E-state index in [4.69, 9.17) is 11.6 Å². The number of carbonyl (C=O) groups excluding carboxylic acids is 1. The maximum absolute atomic E-state index is 12.1. The van der Waals surface area contributed by atoms with Crippen LogP contribution >= 0.6 is 11.6 Å². The van der Waals surface area contributed by atoms with Crippen molar-refractivity contribution in [3.8, 4) is 0 Å². The van der Waals surface area contributed by atoms with Crippen LogP contribution in [0.25, 0.3) is 0 Å². The van der Waals surface area contributed by atoms with Crippen molar-refractivity contribution in [1.29, 1.82) is 0 Å². The first-order chi connectivity index (χ1) is 9.17. The molecule has 4 heteroatoms. The first kappa shape index (κ1) is 12.7. The lowest BCUT2D eigenvalue weighted by atomic mass is 10.0. The third kappa shape index (κ3) is 2.99. The van der Waals surface area contributed by atoms with E-state index in [1.54, 1.807) is 0 Å². The smallest absolute Gasteiger partial charge is 0.241 e. The van der Waals surface area contributed by atoms with Crippen molar-refractivity contribution in [3.63, 3.8) is 0 Å². The van der Waals surface area contributed by atoms with Crippen molar-refractivity contribution in [2.24, 2.45) is 0 Å². The molecule has 100 valence electrons. The van der Waals surface area contributed by atoms with Crippen LogP contribution in [0.4, 0.5) is 0 Å². The van der Waals surface area contributed by atoms with Gasteiger partial charge in [-0.3, -0.25) is 10.1 Å². The molecule has 2 aliphatic rings. The Morgan fingerprint density at radius 2 is 2.11 bits per heavy atom. The number of nitrogens with one attached hydrogen (secondary N) is 2. The highest BCUT2D eigenvalue weighted by Gasteiger charge is 2.44. The predicted molar refractivity (Wildman–Crippen MR) is 76.2 cm³/mol. The average molecular weight is 277 g/mol. The van der Waals surface area contributed by atoms with E-state index in [1.807, 2.05) is 36.4 Å². The zero-order chi connectivity index (χ0) is 13.3. The monoisotopic (exact) mass is 276 g/mol. The number of halogens is 1. The Kier molecular flexibility index (Phi) is 3.33. The molecular formula is C15H17ClN2O. The Balaban J connectivity index is 1.62. The van der Waals surface area contributed by atoms with Crippen LogP contribution in [-0.2, 0) is 11.2 Å². The molecule has 1 aliphatic heterocycles. The van der Waals surface area contributed by atoms with Gasteiger partial charge in [0.1, 0.15) is 6.04 Å². The Morgan fingerprint density at radius 1 is 1.37 bits per heavy atom. The number of hydrogen-bond donors (Lipinski definition) is 2. The van der Waals surface area contributed by atoms with Gasteiger partial charge in [-0.25, -0.2) is 0 Å². The van der Waals surface area contributed by atoms with E-state index in [2.05, 4.69) is 10.6 Å². The summed E-state index contributed by atoms with van der Waals surface area (Å²) in [5.41, 5.74) is 1.18. The molecular weight excluding hydrogens is 260 g/mol. The highest BCUT2D eigenvalue weighted by atomic mass is 35.5. The lowest BCUT2D eigenvalue weighted by Crippen LogP contribution is -2.47. The number of carbonyl (C=O) groups is 1. The SMILES string of the molecule is O=C(NC1(Cc2ccc(Cl)cc2)CC1)[C@@H]1C=CCN1. The third-order valence-corrected chi connectivity index (χ3v) is 4.02. The molecule has 0 unspecified atom stereocenters. The van der Waals surface area contributed by atoms with Gasteiger partial charge in [-0.15, -0.1) is 0 Å². The maximum atomic E-state index is 12.1. The normalized spacial score (nSPS) is 23.3. The quantitative estimate of drug-likeness (QED) is 0.827. The van der Waals surface area contributed by atoms with Crippen LogP contribution in [0, 0.1) is 0 Å². The van der Waals surface area contributed by atoms with E-state index < -0.39 is 0 Å². The van der Waals surface area contributed by atoms with Crippen molar-refractivity contribution < 1.29 is 4.79 Å². The van der Waals surface area contributed by atoms with Gasteiger partial charge >= 0.3 is 0 Å². The molecule has 1 aromatic rings. The fourth-order valence-electron chi connectivity index (χ4n) is 2.48. The molecule has 1 atom stereocenters. The van der Waals surface area contributed by atoms with Crippen molar-refractivity contribution in [2.75, 3.05) is 6.54 Å². The van der Waals surface area contributed by atoms with Crippen LogP contribution < -0.4 is 10.6 Å². The number of amides is 1. The van der Waals surface area contributed by atoms with Gasteiger partial charge in [-0.2, -0.15) is 0 Å². The molecule has 19 heavy (non-hydrogen) atoms. The summed E-state index contributed by atoms with van der Waals surface area (Å²) in [6, 6.07) is 7.69. The van der Waals surface area contributed by atoms with E-state index in [9.17, 15) is 4.79 Å². The summed E-state index contributed by atoms with van der Waals surface area (Å²) in [6.07, 6.45) is 6.90. The van der Waals surface area contributed by atoms with E-state index in [-0.39, 0.29) is 17.5 Å². The molecule has 0 aromatic heterocycles. The fraction of sp³-hybridized carbons (Fsp3) is 0.400. The van der Waals surface area contributed by atoms with Crippen LogP contribution in [0.2, 0.25) is 5.02 Å². The minimum atomic E-state index is -0.164. The van der Waals surface area contributed by atoms with Crippen LogP contribution in [0.3, 0.4) is 0 Å².